The Kier molecular flexibility index (Phi) is 3.56. The number of hydrogen-bond acceptors (Lipinski definition) is 3. The van der Waals surface area contributed by atoms with Crippen molar-refractivity contribution in [3.63, 3.8) is 0 Å². The second-order valence-electron chi connectivity index (χ2n) is 3.19. The van der Waals surface area contributed by atoms with Crippen LogP contribution in [0.5, 0.6) is 0 Å². The molecule has 0 amide bonds. The molecule has 1 heterocycles. The molecule has 4 heteroatoms. The fraction of sp³-hybridized carbons (Fsp3) is 0.0833. The number of benzene rings is 1. The Morgan fingerprint density at radius 2 is 1.88 bits per heavy atom. The average molecular weight is 233 g/mol. The van der Waals surface area contributed by atoms with Crippen molar-refractivity contribution < 1.29 is 9.66 Å². The van der Waals surface area contributed by atoms with Gasteiger partial charge < -0.3 is 9.66 Å². The molecule has 0 radical (unpaired) electrons. The van der Waals surface area contributed by atoms with Gasteiger partial charge in [-0.15, -0.1) is 0 Å². The lowest BCUT2D eigenvalue weighted by molar-refractivity contribution is 0.273. The van der Waals surface area contributed by atoms with E-state index in [4.69, 9.17) is 5.11 Å². The summed E-state index contributed by atoms with van der Waals surface area (Å²) < 4.78 is 12.2. The van der Waals surface area contributed by atoms with Crippen LogP contribution in [0.1, 0.15) is 5.69 Å². The van der Waals surface area contributed by atoms with Crippen molar-refractivity contribution in [1.29, 1.82) is 0 Å². The monoisotopic (exact) mass is 233 g/mol. The van der Waals surface area contributed by atoms with Crippen LogP contribution in [-0.4, -0.2) is 14.6 Å². The number of rotatable bonds is 3. The van der Waals surface area contributed by atoms with E-state index in [2.05, 4.69) is 4.98 Å². The zero-order valence-corrected chi connectivity index (χ0v) is 9.35. The van der Waals surface area contributed by atoms with E-state index in [0.29, 0.717) is 15.5 Å². The third-order valence-corrected chi connectivity index (χ3v) is 3.63. The first-order valence-corrected chi connectivity index (χ1v) is 5.99. The lowest BCUT2D eigenvalue weighted by Crippen LogP contribution is -2.07. The predicted molar refractivity (Wildman–Crippen MR) is 61.3 cm³/mol. The summed E-state index contributed by atoms with van der Waals surface area (Å²) in [6.45, 7) is -0.200. The van der Waals surface area contributed by atoms with Crippen molar-refractivity contribution in [2.45, 2.75) is 16.4 Å². The van der Waals surface area contributed by atoms with E-state index in [0.717, 1.165) is 0 Å². The molecule has 0 spiro atoms. The fourth-order valence-electron chi connectivity index (χ4n) is 1.38. The number of aliphatic hydroxyl groups excluding tert-OH is 1. The molecule has 2 rings (SSSR count). The van der Waals surface area contributed by atoms with Crippen molar-refractivity contribution in [3.8, 4) is 0 Å². The highest BCUT2D eigenvalue weighted by molar-refractivity contribution is 7.91. The van der Waals surface area contributed by atoms with E-state index in [-0.39, 0.29) is 6.61 Å². The van der Waals surface area contributed by atoms with Crippen LogP contribution in [0.4, 0.5) is 0 Å². The maximum absolute atomic E-state index is 12.2. The number of nitrogens with zero attached hydrogens (tertiary/aromatic N) is 1. The fourth-order valence-corrected chi connectivity index (χ4v) is 2.57. The smallest absolute Gasteiger partial charge is 0.182 e. The van der Waals surface area contributed by atoms with Crippen LogP contribution in [0, 0.1) is 0 Å². The minimum atomic E-state index is -1.28. The van der Waals surface area contributed by atoms with Crippen LogP contribution in [0.3, 0.4) is 0 Å². The molecule has 0 aliphatic heterocycles. The normalized spacial score (nSPS) is 12.4. The Hall–Kier alpha value is -1.36. The van der Waals surface area contributed by atoms with Gasteiger partial charge in [-0.3, -0.25) is 4.98 Å². The molecule has 1 aromatic heterocycles. The van der Waals surface area contributed by atoms with Gasteiger partial charge in [0.1, 0.15) is 5.69 Å². The molecule has 82 valence electrons. The molecule has 0 saturated carbocycles. The van der Waals surface area contributed by atoms with Crippen molar-refractivity contribution in [2.24, 2.45) is 0 Å². The SMILES string of the molecule is [O-][S+](c1ccccc1)c1cccnc1CO. The maximum atomic E-state index is 12.2. The number of aromatic nitrogens is 1. The largest absolute Gasteiger partial charge is 0.606 e. The second kappa shape index (κ2) is 5.12. The Bertz CT molecular complexity index is 462. The lowest BCUT2D eigenvalue weighted by atomic mass is 10.4. The molecule has 1 unspecified atom stereocenters. The van der Waals surface area contributed by atoms with E-state index >= 15 is 0 Å². The summed E-state index contributed by atoms with van der Waals surface area (Å²) in [6, 6.07) is 12.6. The second-order valence-corrected chi connectivity index (χ2v) is 4.64. The predicted octanol–water partition coefficient (Wildman–Crippen LogP) is 1.74. The van der Waals surface area contributed by atoms with Gasteiger partial charge in [0.2, 0.25) is 0 Å². The van der Waals surface area contributed by atoms with Gasteiger partial charge in [-0.05, 0) is 24.3 Å². The molecule has 1 aromatic carbocycles. The Morgan fingerprint density at radius 1 is 1.12 bits per heavy atom. The molecule has 0 saturated heterocycles. The molecule has 0 bridgehead atoms. The van der Waals surface area contributed by atoms with Gasteiger partial charge in [0.05, 0.1) is 6.61 Å². The summed E-state index contributed by atoms with van der Waals surface area (Å²) in [5.74, 6) is 0. The summed E-state index contributed by atoms with van der Waals surface area (Å²) in [7, 11) is 0. The van der Waals surface area contributed by atoms with Gasteiger partial charge in [-0.2, -0.15) is 0 Å². The minimum Gasteiger partial charge on any atom is -0.606 e. The third-order valence-electron chi connectivity index (χ3n) is 2.16. The molecule has 0 fully saturated rings. The van der Waals surface area contributed by atoms with Crippen molar-refractivity contribution >= 4 is 11.2 Å². The van der Waals surface area contributed by atoms with E-state index < -0.39 is 11.2 Å². The van der Waals surface area contributed by atoms with Gasteiger partial charge >= 0.3 is 0 Å². The zero-order chi connectivity index (χ0) is 11.4. The molecule has 3 nitrogen and oxygen atoms in total. The van der Waals surface area contributed by atoms with E-state index in [1.807, 2.05) is 18.2 Å². The van der Waals surface area contributed by atoms with Gasteiger partial charge in [0.15, 0.2) is 9.79 Å². The minimum absolute atomic E-state index is 0.200. The maximum Gasteiger partial charge on any atom is 0.182 e. The lowest BCUT2D eigenvalue weighted by Gasteiger charge is -2.11. The molecular weight excluding hydrogens is 222 g/mol. The Labute approximate surface area is 97.0 Å². The summed E-state index contributed by atoms with van der Waals surface area (Å²) in [6.07, 6.45) is 1.58. The highest BCUT2D eigenvalue weighted by Crippen LogP contribution is 2.22. The van der Waals surface area contributed by atoms with Crippen LogP contribution in [0.2, 0.25) is 0 Å². The van der Waals surface area contributed by atoms with Gasteiger partial charge in [0, 0.05) is 17.4 Å². The Balaban J connectivity index is 2.37. The number of pyridine rings is 1. The summed E-state index contributed by atoms with van der Waals surface area (Å²) in [4.78, 5) is 5.28. The highest BCUT2D eigenvalue weighted by atomic mass is 32.2. The topological polar surface area (TPSA) is 56.2 Å². The summed E-state index contributed by atoms with van der Waals surface area (Å²) in [5, 5.41) is 9.12. The molecule has 1 N–H and O–H groups in total. The number of aliphatic hydroxyl groups is 1. The molecule has 1 atom stereocenters. The van der Waals surface area contributed by atoms with Crippen LogP contribution in [-0.2, 0) is 17.8 Å². The van der Waals surface area contributed by atoms with Crippen molar-refractivity contribution in [1.82, 2.24) is 4.98 Å². The summed E-state index contributed by atoms with van der Waals surface area (Å²) in [5.41, 5.74) is 0.463. The van der Waals surface area contributed by atoms with Crippen molar-refractivity contribution in [3.05, 3.63) is 54.4 Å². The van der Waals surface area contributed by atoms with Crippen LogP contribution >= 0.6 is 0 Å². The zero-order valence-electron chi connectivity index (χ0n) is 8.54. The average Bonchev–Trinajstić information content (AvgIpc) is 2.39. The standard InChI is InChI=1S/C12H11NO2S/c14-9-11-12(7-4-8-13-11)16(15)10-5-2-1-3-6-10/h1-8,14H,9H2. The molecule has 16 heavy (non-hydrogen) atoms. The van der Waals surface area contributed by atoms with E-state index in [9.17, 15) is 4.55 Å². The van der Waals surface area contributed by atoms with Crippen LogP contribution < -0.4 is 0 Å². The molecule has 2 aromatic rings. The quantitative estimate of drug-likeness (QED) is 0.821. The van der Waals surface area contributed by atoms with E-state index in [1.165, 1.54) is 0 Å². The number of hydrogen-bond donors (Lipinski definition) is 1. The Morgan fingerprint density at radius 3 is 2.56 bits per heavy atom. The summed E-state index contributed by atoms with van der Waals surface area (Å²) >= 11 is -1.28. The van der Waals surface area contributed by atoms with E-state index in [1.54, 1.807) is 30.5 Å². The molecular formula is C12H11NO2S. The molecule has 0 aliphatic carbocycles. The van der Waals surface area contributed by atoms with Gasteiger partial charge in [-0.25, -0.2) is 0 Å². The first kappa shape index (κ1) is 11.1. The first-order chi connectivity index (χ1) is 7.83. The van der Waals surface area contributed by atoms with Crippen molar-refractivity contribution in [2.75, 3.05) is 0 Å². The van der Waals surface area contributed by atoms with Gasteiger partial charge in [0.25, 0.3) is 0 Å². The van der Waals surface area contributed by atoms with Gasteiger partial charge in [-0.1, -0.05) is 18.2 Å². The van der Waals surface area contributed by atoms with Crippen LogP contribution in [0.25, 0.3) is 0 Å². The first-order valence-electron chi connectivity index (χ1n) is 4.84. The third kappa shape index (κ3) is 2.24. The molecule has 0 aliphatic rings. The van der Waals surface area contributed by atoms with Crippen LogP contribution in [0.15, 0.2) is 58.5 Å². The highest BCUT2D eigenvalue weighted by Gasteiger charge is 2.18.